The average molecular weight is 620 g/mol. The number of halogens is 2. The lowest BCUT2D eigenvalue weighted by molar-refractivity contribution is 0.573. The topological polar surface area (TPSA) is 212 Å². The summed E-state index contributed by atoms with van der Waals surface area (Å²) in [6, 6.07) is 10.3. The smallest absolute Gasteiger partial charge is 0.374 e. The van der Waals surface area contributed by atoms with Crippen LogP contribution in [0.25, 0.3) is 52.9 Å². The van der Waals surface area contributed by atoms with Crippen molar-refractivity contribution in [3.05, 3.63) is 132 Å². The number of hydrogen-bond acceptors (Lipinski definition) is 10. The van der Waals surface area contributed by atoms with Crippen LogP contribution in [-0.2, 0) is 0 Å². The van der Waals surface area contributed by atoms with Gasteiger partial charge in [0, 0.05) is 34.0 Å². The van der Waals surface area contributed by atoms with Gasteiger partial charge in [0.1, 0.15) is 18.2 Å². The lowest BCUT2D eigenvalue weighted by atomic mass is 9.83. The van der Waals surface area contributed by atoms with Crippen LogP contribution < -0.4 is 0 Å². The first-order chi connectivity index (χ1) is 23.2. The fourth-order valence-electron chi connectivity index (χ4n) is 5.36. The highest BCUT2D eigenvalue weighted by molar-refractivity contribution is 6.31. The Morgan fingerprint density at radius 3 is 1.65 bits per heavy atom. The number of hydrogen-bond donors (Lipinski definition) is 0. The highest BCUT2D eigenvalue weighted by atomic mass is 19.1. The molecule has 16 heteroatoms. The van der Waals surface area contributed by atoms with Crippen LogP contribution in [0, 0.1) is 106 Å². The fourth-order valence-corrected chi connectivity index (χ4v) is 5.36. The molecule has 2 aliphatic carbocycles. The molecule has 2 heterocycles. The Hall–Kier alpha value is -8.90. The molecular formula is C32H2F2N14. The Balaban J connectivity index is 2.12. The van der Waals surface area contributed by atoms with Crippen molar-refractivity contribution in [2.75, 3.05) is 0 Å². The highest BCUT2D eigenvalue weighted by Gasteiger charge is 2.44. The van der Waals surface area contributed by atoms with Gasteiger partial charge in [-0.05, 0) is 16.7 Å². The van der Waals surface area contributed by atoms with E-state index in [-0.39, 0.29) is 0 Å². The van der Waals surface area contributed by atoms with Crippen LogP contribution in [0.2, 0.25) is 0 Å². The van der Waals surface area contributed by atoms with E-state index < -0.39 is 113 Å². The van der Waals surface area contributed by atoms with Crippen molar-refractivity contribution >= 4 is 39.5 Å². The molecule has 48 heavy (non-hydrogen) atoms. The number of nitrogens with zero attached hydrogens (tertiary/aromatic N) is 14. The molecule has 0 spiro atoms. The molecular weight excluding hydrogens is 618 g/mol. The van der Waals surface area contributed by atoms with E-state index >= 15 is 8.78 Å². The third-order valence-electron chi connectivity index (χ3n) is 7.04. The van der Waals surface area contributed by atoms with Gasteiger partial charge in [-0.2, -0.15) is 39.8 Å². The van der Waals surface area contributed by atoms with Gasteiger partial charge in [0.2, 0.25) is 17.5 Å². The first kappa shape index (κ1) is 30.6. The lowest BCUT2D eigenvalue weighted by Crippen LogP contribution is -2.05. The summed E-state index contributed by atoms with van der Waals surface area (Å²) in [5.41, 5.74) is -8.64. The Morgan fingerprint density at radius 2 is 1.17 bits per heavy atom. The van der Waals surface area contributed by atoms with Gasteiger partial charge >= 0.3 is 5.95 Å². The van der Waals surface area contributed by atoms with Crippen LogP contribution >= 0.6 is 0 Å². The summed E-state index contributed by atoms with van der Waals surface area (Å²) in [7, 11) is 0. The van der Waals surface area contributed by atoms with Crippen molar-refractivity contribution in [2.24, 2.45) is 0 Å². The number of allylic oxidation sites excluding steroid dienone is 7. The van der Waals surface area contributed by atoms with E-state index in [1.54, 1.807) is 18.2 Å². The summed E-state index contributed by atoms with van der Waals surface area (Å²) in [6.45, 7) is 30.4. The highest BCUT2D eigenvalue weighted by Crippen LogP contribution is 2.58. The van der Waals surface area contributed by atoms with Crippen molar-refractivity contribution in [3.63, 3.8) is 0 Å². The predicted molar refractivity (Wildman–Crippen MR) is 155 cm³/mol. The maximum Gasteiger partial charge on any atom is 0.374 e. The number of rotatable bonds is 2. The van der Waals surface area contributed by atoms with Crippen LogP contribution in [0.3, 0.4) is 0 Å². The SMILES string of the molecule is [C-]#[N+]C1=C(c2cnc([N+]#[C-])nc2F)/C(=C(/C#N)[N+]#[C-])c2c(C#N)c3c(c(C#N)c21)C(C#N)=C(c1cnc(C#N)nc1F)/C3=C(\C#N)[N+]#[C-]. The summed E-state index contributed by atoms with van der Waals surface area (Å²) in [5.74, 6) is -3.92. The van der Waals surface area contributed by atoms with Crippen molar-refractivity contribution in [1.82, 2.24) is 19.9 Å². The van der Waals surface area contributed by atoms with Gasteiger partial charge in [0.15, 0.2) is 0 Å². The first-order valence-corrected chi connectivity index (χ1v) is 12.4. The van der Waals surface area contributed by atoms with Crippen molar-refractivity contribution in [1.29, 1.82) is 31.6 Å². The molecule has 14 nitrogen and oxygen atoms in total. The van der Waals surface area contributed by atoms with Crippen LogP contribution in [0.1, 0.15) is 50.3 Å². The summed E-state index contributed by atoms with van der Waals surface area (Å²) < 4.78 is 30.9. The summed E-state index contributed by atoms with van der Waals surface area (Å²) in [4.78, 5) is 27.0. The Kier molecular flexibility index (Phi) is 7.41. The molecule has 0 bridgehead atoms. The zero-order valence-electron chi connectivity index (χ0n) is 23.2. The minimum absolute atomic E-state index is 0.413. The van der Waals surface area contributed by atoms with Crippen LogP contribution in [-0.4, -0.2) is 19.9 Å². The van der Waals surface area contributed by atoms with E-state index in [1.807, 2.05) is 12.1 Å². The molecule has 1 aromatic carbocycles. The van der Waals surface area contributed by atoms with Crippen molar-refractivity contribution < 1.29 is 8.78 Å². The van der Waals surface area contributed by atoms with Gasteiger partial charge in [-0.15, -0.1) is 11.6 Å². The van der Waals surface area contributed by atoms with Crippen molar-refractivity contribution in [2.45, 2.75) is 0 Å². The third kappa shape index (κ3) is 4.06. The van der Waals surface area contributed by atoms with E-state index in [4.69, 9.17) is 31.6 Å². The second-order valence-electron chi connectivity index (χ2n) is 9.06. The molecule has 0 radical (unpaired) electrons. The quantitative estimate of drug-likeness (QED) is 0.206. The number of nitriles is 6. The Morgan fingerprint density at radius 1 is 0.625 bits per heavy atom. The van der Waals surface area contributed by atoms with E-state index in [1.165, 1.54) is 6.07 Å². The van der Waals surface area contributed by atoms with E-state index in [0.29, 0.717) is 0 Å². The Labute approximate surface area is 267 Å². The fraction of sp³-hybridized carbons (Fsp3) is 0. The average Bonchev–Trinajstić information content (AvgIpc) is 3.61. The lowest BCUT2D eigenvalue weighted by Gasteiger charge is -2.17. The molecule has 0 atom stereocenters. The minimum atomic E-state index is -1.36. The minimum Gasteiger partial charge on any atom is -0.394 e. The Bertz CT molecular complexity index is 2490. The molecule has 5 rings (SSSR count). The van der Waals surface area contributed by atoms with Gasteiger partial charge < -0.3 is 4.85 Å². The van der Waals surface area contributed by atoms with Gasteiger partial charge in [0.25, 0.3) is 17.3 Å². The van der Waals surface area contributed by atoms with E-state index in [9.17, 15) is 26.3 Å². The second kappa shape index (κ2) is 11.6. The zero-order chi connectivity index (χ0) is 34.9. The maximum absolute atomic E-state index is 15.4. The molecule has 0 saturated carbocycles. The number of benzene rings is 1. The zero-order valence-corrected chi connectivity index (χ0v) is 23.2. The largest absolute Gasteiger partial charge is 0.394 e. The van der Waals surface area contributed by atoms with Gasteiger partial charge in [-0.25, -0.2) is 30.0 Å². The number of aromatic nitrogens is 4. The third-order valence-corrected chi connectivity index (χ3v) is 7.04. The molecule has 214 valence electrons. The van der Waals surface area contributed by atoms with Gasteiger partial charge in [-0.1, -0.05) is 0 Å². The van der Waals surface area contributed by atoms with Gasteiger partial charge in [0.05, 0.1) is 71.9 Å². The van der Waals surface area contributed by atoms with Crippen LogP contribution in [0.15, 0.2) is 23.8 Å². The maximum atomic E-state index is 15.4. The first-order valence-electron chi connectivity index (χ1n) is 12.4. The molecule has 0 aliphatic heterocycles. The van der Waals surface area contributed by atoms with Crippen LogP contribution in [0.5, 0.6) is 0 Å². The van der Waals surface area contributed by atoms with Crippen LogP contribution in [0.4, 0.5) is 14.7 Å². The normalized spacial score (nSPS) is 14.2. The summed E-state index contributed by atoms with van der Waals surface area (Å²) >= 11 is 0. The molecule has 2 aliphatic rings. The molecule has 2 aromatic heterocycles. The monoisotopic (exact) mass is 620 g/mol. The van der Waals surface area contributed by atoms with Gasteiger partial charge in [-0.3, -0.25) is 0 Å². The molecule has 0 fully saturated rings. The second-order valence-corrected chi connectivity index (χ2v) is 9.06. The summed E-state index contributed by atoms with van der Waals surface area (Å²) in [6.07, 6.45) is 1.62. The standard InChI is InChI=1S/C32H2F2N14/c1-41-18(8-38)27-22(16-11-45-20(10-40)47-30(16)33)13(5-35)21-14(6-36)25-24(15(7-37)23(21)27)28(19(9-39)42-2)26(29(25)43-3)17-12-46-32(44-4)48-31(17)34/h11-12H/b27-18-,28-19-. The molecule has 0 amide bonds. The number of fused-ring (bicyclic) bond motifs is 2. The molecule has 0 saturated heterocycles. The molecule has 0 N–H and O–H groups in total. The van der Waals surface area contributed by atoms with E-state index in [0.717, 1.165) is 12.4 Å². The van der Waals surface area contributed by atoms with E-state index in [2.05, 4.69) is 39.3 Å². The predicted octanol–water partition coefficient (Wildman–Crippen LogP) is 5.27. The molecule has 0 unspecified atom stereocenters. The summed E-state index contributed by atoms with van der Waals surface area (Å²) in [5, 5.41) is 60.7. The molecule has 3 aromatic rings. The van der Waals surface area contributed by atoms with Crippen molar-refractivity contribution in [3.8, 4) is 36.4 Å².